The van der Waals surface area contributed by atoms with Gasteiger partial charge in [0.05, 0.1) is 12.8 Å². The zero-order chi connectivity index (χ0) is 22.3. The van der Waals surface area contributed by atoms with E-state index in [1.54, 1.807) is 18.2 Å². The molecule has 170 valence electrons. The molecule has 0 unspecified atom stereocenters. The summed E-state index contributed by atoms with van der Waals surface area (Å²) in [6.07, 6.45) is 7.30. The van der Waals surface area contributed by atoms with Crippen LogP contribution in [0.4, 0.5) is 10.5 Å². The number of carbonyl (C=O) groups excluding carboxylic acids is 1. The van der Waals surface area contributed by atoms with Crippen LogP contribution in [0.2, 0.25) is 0 Å². The molecular weight excluding hydrogens is 428 g/mol. The van der Waals surface area contributed by atoms with E-state index in [0.29, 0.717) is 19.0 Å². The number of ether oxygens (including phenoxy) is 1. The van der Waals surface area contributed by atoms with Gasteiger partial charge in [-0.1, -0.05) is 12.1 Å². The summed E-state index contributed by atoms with van der Waals surface area (Å²) < 4.78 is 33.2. The Kier molecular flexibility index (Phi) is 5.54. The smallest absolute Gasteiger partial charge is 0.335 e. The Balaban J connectivity index is 1.60. The van der Waals surface area contributed by atoms with Gasteiger partial charge < -0.3 is 10.1 Å². The molecule has 1 aromatic carbocycles. The third-order valence-corrected chi connectivity index (χ3v) is 8.49. The van der Waals surface area contributed by atoms with Crippen molar-refractivity contribution in [2.45, 2.75) is 49.8 Å². The van der Waals surface area contributed by atoms with E-state index >= 15 is 0 Å². The number of benzene rings is 1. The van der Waals surface area contributed by atoms with Crippen LogP contribution in [0.25, 0.3) is 11.1 Å². The van der Waals surface area contributed by atoms with Crippen molar-refractivity contribution in [1.82, 2.24) is 15.0 Å². The maximum absolute atomic E-state index is 13.5. The maximum Gasteiger partial charge on any atom is 0.335 e. The fourth-order valence-electron chi connectivity index (χ4n) is 4.67. The first kappa shape index (κ1) is 21.2. The van der Waals surface area contributed by atoms with Crippen LogP contribution in [-0.4, -0.2) is 50.9 Å². The highest BCUT2D eigenvalue weighted by Crippen LogP contribution is 2.43. The number of carbonyl (C=O) groups is 1. The van der Waals surface area contributed by atoms with Gasteiger partial charge in [-0.25, -0.2) is 22.9 Å². The molecule has 2 aromatic rings. The second kappa shape index (κ2) is 8.37. The molecule has 2 aliphatic carbocycles. The first-order valence-electron chi connectivity index (χ1n) is 11.2. The molecule has 2 heterocycles. The summed E-state index contributed by atoms with van der Waals surface area (Å²) in [5.41, 5.74) is 4.99. The van der Waals surface area contributed by atoms with Gasteiger partial charge >= 0.3 is 6.03 Å². The number of methoxy groups -OCH3 is 1. The molecule has 0 spiro atoms. The lowest BCUT2D eigenvalue weighted by molar-refractivity contribution is 0.243. The number of amides is 2. The van der Waals surface area contributed by atoms with Crippen LogP contribution in [-0.2, 0) is 22.9 Å². The van der Waals surface area contributed by atoms with Gasteiger partial charge in [0.1, 0.15) is 5.25 Å². The van der Waals surface area contributed by atoms with Gasteiger partial charge in [0.25, 0.3) is 0 Å². The van der Waals surface area contributed by atoms with Crippen molar-refractivity contribution in [3.05, 3.63) is 41.6 Å². The highest BCUT2D eigenvalue weighted by atomic mass is 32.2. The number of sulfonamides is 1. The van der Waals surface area contributed by atoms with E-state index in [4.69, 9.17) is 4.74 Å². The number of fused-ring (bicyclic) bond motifs is 1. The monoisotopic (exact) mass is 456 g/mol. The van der Waals surface area contributed by atoms with E-state index in [1.807, 2.05) is 18.2 Å². The minimum atomic E-state index is -3.73. The second-order valence-corrected chi connectivity index (χ2v) is 10.7. The molecule has 1 aliphatic heterocycles. The number of nitrogens with one attached hydrogen (secondary N) is 2. The van der Waals surface area contributed by atoms with Crippen molar-refractivity contribution in [2.24, 2.45) is 0 Å². The summed E-state index contributed by atoms with van der Waals surface area (Å²) in [4.78, 5) is 19.5. The molecule has 9 heteroatoms. The number of anilines is 1. The summed E-state index contributed by atoms with van der Waals surface area (Å²) >= 11 is 0. The topological polar surface area (TPSA) is 101 Å². The first-order valence-corrected chi connectivity index (χ1v) is 12.7. The fraction of sp³-hybridized carbons (Fsp3) is 0.478. The number of aryl methyl sites for hydroxylation is 1. The Morgan fingerprint density at radius 3 is 2.66 bits per heavy atom. The van der Waals surface area contributed by atoms with Crippen LogP contribution in [0.5, 0.6) is 5.88 Å². The van der Waals surface area contributed by atoms with Crippen molar-refractivity contribution in [3.63, 3.8) is 0 Å². The van der Waals surface area contributed by atoms with Crippen molar-refractivity contribution >= 4 is 21.7 Å². The zero-order valence-electron chi connectivity index (χ0n) is 18.1. The second-order valence-electron chi connectivity index (χ2n) is 8.73. The van der Waals surface area contributed by atoms with Crippen molar-refractivity contribution in [1.29, 1.82) is 0 Å². The van der Waals surface area contributed by atoms with E-state index in [1.165, 1.54) is 5.56 Å². The number of aromatic nitrogens is 1. The number of rotatable bonds is 6. The molecule has 1 saturated heterocycles. The van der Waals surface area contributed by atoms with Crippen LogP contribution in [0.1, 0.15) is 36.8 Å². The zero-order valence-corrected chi connectivity index (χ0v) is 19.0. The largest absolute Gasteiger partial charge is 0.481 e. The van der Waals surface area contributed by atoms with E-state index in [-0.39, 0.29) is 6.04 Å². The van der Waals surface area contributed by atoms with Crippen molar-refractivity contribution in [3.8, 4) is 17.0 Å². The quantitative estimate of drug-likeness (QED) is 0.693. The summed E-state index contributed by atoms with van der Waals surface area (Å²) in [5, 5.41) is 2.39. The lowest BCUT2D eigenvalue weighted by Gasteiger charge is -2.40. The lowest BCUT2D eigenvalue weighted by Crippen LogP contribution is -2.59. The standard InChI is InChI=1S/C23H28N4O4S/c1-31-21-12-16(10-11-25-21)20-9-8-15-4-2-7-19(15)22(20)27(17-5-3-6-17)23(28)26-32(29,30)18-13-24-14-18/h8-12,17-18,24H,2-7,13-14H2,1H3,(H,26,28). The molecule has 32 heavy (non-hydrogen) atoms. The minimum Gasteiger partial charge on any atom is -0.481 e. The molecule has 8 nitrogen and oxygen atoms in total. The van der Waals surface area contributed by atoms with Crippen LogP contribution < -0.4 is 19.7 Å². The average Bonchev–Trinajstić information content (AvgIpc) is 3.16. The maximum atomic E-state index is 13.5. The molecule has 0 bridgehead atoms. The number of hydrogen-bond acceptors (Lipinski definition) is 6. The van der Waals surface area contributed by atoms with Crippen LogP contribution >= 0.6 is 0 Å². The SMILES string of the molecule is COc1cc(-c2ccc3c(c2N(C(=O)NS(=O)(=O)C2CNC2)C2CCC2)CCC3)ccn1. The average molecular weight is 457 g/mol. The number of nitrogens with zero attached hydrogens (tertiary/aromatic N) is 2. The number of urea groups is 1. The van der Waals surface area contributed by atoms with Gasteiger partial charge in [0, 0.05) is 37.0 Å². The molecule has 1 aromatic heterocycles. The molecule has 1 saturated carbocycles. The van der Waals surface area contributed by atoms with Crippen LogP contribution in [0.3, 0.4) is 0 Å². The van der Waals surface area contributed by atoms with Crippen LogP contribution in [0, 0.1) is 0 Å². The van der Waals surface area contributed by atoms with Gasteiger partial charge in [-0.2, -0.15) is 0 Å². The number of hydrogen-bond donors (Lipinski definition) is 2. The minimum absolute atomic E-state index is 0.0145. The molecule has 0 atom stereocenters. The van der Waals surface area contributed by atoms with Gasteiger partial charge in [-0.15, -0.1) is 0 Å². The molecule has 5 rings (SSSR count). The van der Waals surface area contributed by atoms with Crippen molar-refractivity contribution < 1.29 is 17.9 Å². The van der Waals surface area contributed by atoms with E-state index in [0.717, 1.165) is 60.9 Å². The number of pyridine rings is 1. The van der Waals surface area contributed by atoms with Gasteiger partial charge in [-0.05, 0) is 61.3 Å². The fourth-order valence-corrected chi connectivity index (χ4v) is 5.86. The first-order chi connectivity index (χ1) is 15.5. The Hall–Kier alpha value is -2.65. The van der Waals surface area contributed by atoms with E-state index in [2.05, 4.69) is 21.1 Å². The summed E-state index contributed by atoms with van der Waals surface area (Å²) in [5.74, 6) is 0.494. The Labute approximate surface area is 188 Å². The molecule has 3 aliphatic rings. The molecule has 2 fully saturated rings. The molecule has 0 radical (unpaired) electrons. The molecule has 2 N–H and O–H groups in total. The van der Waals surface area contributed by atoms with Crippen molar-refractivity contribution in [2.75, 3.05) is 25.1 Å². The molecule has 2 amide bonds. The Morgan fingerprint density at radius 2 is 2.00 bits per heavy atom. The summed E-state index contributed by atoms with van der Waals surface area (Å²) in [6, 6.07) is 7.35. The highest BCUT2D eigenvalue weighted by molar-refractivity contribution is 7.90. The summed E-state index contributed by atoms with van der Waals surface area (Å²) in [7, 11) is -2.16. The van der Waals surface area contributed by atoms with Crippen LogP contribution in [0.15, 0.2) is 30.5 Å². The van der Waals surface area contributed by atoms with E-state index in [9.17, 15) is 13.2 Å². The Bertz CT molecular complexity index is 1140. The normalized spacial score (nSPS) is 18.4. The lowest BCUT2D eigenvalue weighted by atomic mass is 9.88. The van der Waals surface area contributed by atoms with E-state index < -0.39 is 21.3 Å². The van der Waals surface area contributed by atoms with Gasteiger partial charge in [0.2, 0.25) is 15.9 Å². The predicted molar refractivity (Wildman–Crippen MR) is 122 cm³/mol. The third-order valence-electron chi connectivity index (χ3n) is 6.82. The highest BCUT2D eigenvalue weighted by Gasteiger charge is 2.39. The predicted octanol–water partition coefficient (Wildman–Crippen LogP) is 2.62. The molecular formula is C23H28N4O4S. The van der Waals surface area contributed by atoms with Gasteiger partial charge in [0.15, 0.2) is 0 Å². The third kappa shape index (κ3) is 3.73. The van der Waals surface area contributed by atoms with Gasteiger partial charge in [-0.3, -0.25) is 4.90 Å². The Morgan fingerprint density at radius 1 is 1.19 bits per heavy atom. The summed E-state index contributed by atoms with van der Waals surface area (Å²) in [6.45, 7) is 0.740.